The van der Waals surface area contributed by atoms with Crippen molar-refractivity contribution < 1.29 is 14.0 Å². The van der Waals surface area contributed by atoms with Crippen molar-refractivity contribution in [3.8, 4) is 11.5 Å². The van der Waals surface area contributed by atoms with Gasteiger partial charge in [-0.25, -0.2) is 9.97 Å². The Hall–Kier alpha value is -3.16. The third-order valence-electron chi connectivity index (χ3n) is 5.35. The van der Waals surface area contributed by atoms with Crippen LogP contribution in [-0.4, -0.2) is 43.7 Å². The zero-order valence-corrected chi connectivity index (χ0v) is 16.0. The summed E-state index contributed by atoms with van der Waals surface area (Å²) in [6.07, 6.45) is 6.18. The molecule has 28 heavy (non-hydrogen) atoms. The molecule has 0 aromatic carbocycles. The van der Waals surface area contributed by atoms with E-state index in [0.717, 1.165) is 19.3 Å². The standard InChI is InChI=1S/C20H23N5O3/c1-12-5-3-6-13(2)24(10-12)20(27)14-9-15(16-7-4-8-28-16)25-11-22-17(18(21)26)19(25)23-14/h4,7-9,11-13H,3,5-6,10H2,1-2H3,(H2,21,26). The van der Waals surface area contributed by atoms with E-state index < -0.39 is 5.91 Å². The van der Waals surface area contributed by atoms with Gasteiger partial charge in [0.15, 0.2) is 17.1 Å². The van der Waals surface area contributed by atoms with E-state index >= 15 is 0 Å². The minimum atomic E-state index is -0.693. The lowest BCUT2D eigenvalue weighted by molar-refractivity contribution is 0.0671. The van der Waals surface area contributed by atoms with Gasteiger partial charge in [-0.05, 0) is 43.9 Å². The molecule has 2 atom stereocenters. The van der Waals surface area contributed by atoms with Crippen molar-refractivity contribution in [1.82, 2.24) is 19.3 Å². The monoisotopic (exact) mass is 381 g/mol. The van der Waals surface area contributed by atoms with E-state index in [0.29, 0.717) is 23.9 Å². The Morgan fingerprint density at radius 3 is 2.82 bits per heavy atom. The lowest BCUT2D eigenvalue weighted by atomic mass is 10.1. The van der Waals surface area contributed by atoms with Crippen LogP contribution in [0.4, 0.5) is 0 Å². The smallest absolute Gasteiger partial charge is 0.272 e. The number of amides is 2. The molecular formula is C20H23N5O3. The number of fused-ring (bicyclic) bond motifs is 1. The fraction of sp³-hybridized carbons (Fsp3) is 0.400. The van der Waals surface area contributed by atoms with Gasteiger partial charge in [-0.15, -0.1) is 0 Å². The molecule has 8 nitrogen and oxygen atoms in total. The molecule has 4 rings (SSSR count). The van der Waals surface area contributed by atoms with E-state index in [9.17, 15) is 9.59 Å². The summed E-state index contributed by atoms with van der Waals surface area (Å²) < 4.78 is 7.13. The van der Waals surface area contributed by atoms with Crippen molar-refractivity contribution in [2.75, 3.05) is 6.54 Å². The Bertz CT molecular complexity index is 1020. The van der Waals surface area contributed by atoms with Crippen LogP contribution < -0.4 is 5.73 Å². The summed E-state index contributed by atoms with van der Waals surface area (Å²) in [4.78, 5) is 35.6. The average molecular weight is 381 g/mol. The first-order valence-electron chi connectivity index (χ1n) is 9.48. The summed E-state index contributed by atoms with van der Waals surface area (Å²) in [6, 6.07) is 5.35. The Morgan fingerprint density at radius 2 is 2.11 bits per heavy atom. The summed E-state index contributed by atoms with van der Waals surface area (Å²) in [5, 5.41) is 0. The second kappa shape index (κ2) is 7.10. The number of imidazole rings is 1. The molecule has 1 fully saturated rings. The molecular weight excluding hydrogens is 358 g/mol. The highest BCUT2D eigenvalue weighted by molar-refractivity contribution is 5.99. The number of hydrogen-bond acceptors (Lipinski definition) is 5. The predicted octanol–water partition coefficient (Wildman–Crippen LogP) is 2.74. The van der Waals surface area contributed by atoms with Crippen LogP contribution in [0.2, 0.25) is 0 Å². The summed E-state index contributed by atoms with van der Waals surface area (Å²) in [7, 11) is 0. The number of likely N-dealkylation sites (tertiary alicyclic amines) is 1. The maximum absolute atomic E-state index is 13.4. The average Bonchev–Trinajstić information content (AvgIpc) is 3.31. The van der Waals surface area contributed by atoms with Crippen LogP contribution in [0.25, 0.3) is 17.1 Å². The number of rotatable bonds is 3. The van der Waals surface area contributed by atoms with E-state index in [4.69, 9.17) is 10.2 Å². The molecule has 3 aromatic heterocycles. The van der Waals surface area contributed by atoms with Gasteiger partial charge in [0.2, 0.25) is 0 Å². The van der Waals surface area contributed by atoms with Gasteiger partial charge in [0.25, 0.3) is 11.8 Å². The number of furan rings is 1. The first-order valence-corrected chi connectivity index (χ1v) is 9.48. The number of primary amides is 1. The van der Waals surface area contributed by atoms with Gasteiger partial charge in [0.1, 0.15) is 12.0 Å². The Morgan fingerprint density at radius 1 is 1.29 bits per heavy atom. The normalized spacial score (nSPS) is 20.3. The van der Waals surface area contributed by atoms with Crippen LogP contribution in [0.5, 0.6) is 0 Å². The summed E-state index contributed by atoms with van der Waals surface area (Å²) in [5.74, 6) is 0.125. The van der Waals surface area contributed by atoms with Crippen molar-refractivity contribution >= 4 is 17.5 Å². The summed E-state index contributed by atoms with van der Waals surface area (Å²) >= 11 is 0. The van der Waals surface area contributed by atoms with E-state index in [1.165, 1.54) is 6.33 Å². The summed E-state index contributed by atoms with van der Waals surface area (Å²) in [5.41, 5.74) is 6.57. The summed E-state index contributed by atoms with van der Waals surface area (Å²) in [6.45, 7) is 4.91. The molecule has 146 valence electrons. The topological polar surface area (TPSA) is 107 Å². The maximum atomic E-state index is 13.4. The molecule has 1 aliphatic rings. The van der Waals surface area contributed by atoms with Crippen LogP contribution >= 0.6 is 0 Å². The fourth-order valence-electron chi connectivity index (χ4n) is 3.82. The molecule has 0 saturated carbocycles. The van der Waals surface area contributed by atoms with Crippen molar-refractivity contribution in [3.05, 3.63) is 42.2 Å². The minimum absolute atomic E-state index is 0.0275. The number of hydrogen-bond donors (Lipinski definition) is 1. The van der Waals surface area contributed by atoms with Crippen LogP contribution in [0.15, 0.2) is 35.2 Å². The largest absolute Gasteiger partial charge is 0.463 e. The minimum Gasteiger partial charge on any atom is -0.463 e. The highest BCUT2D eigenvalue weighted by Gasteiger charge is 2.28. The molecule has 2 N–H and O–H groups in total. The van der Waals surface area contributed by atoms with Crippen molar-refractivity contribution in [3.63, 3.8) is 0 Å². The van der Waals surface area contributed by atoms with Crippen molar-refractivity contribution in [2.45, 2.75) is 39.2 Å². The highest BCUT2D eigenvalue weighted by atomic mass is 16.3. The number of carbonyl (C=O) groups is 2. The van der Waals surface area contributed by atoms with Crippen LogP contribution in [0.3, 0.4) is 0 Å². The van der Waals surface area contributed by atoms with E-state index in [1.54, 1.807) is 28.9 Å². The van der Waals surface area contributed by atoms with Gasteiger partial charge in [0.05, 0.1) is 12.0 Å². The molecule has 1 aliphatic heterocycles. The van der Waals surface area contributed by atoms with E-state index in [1.807, 2.05) is 4.90 Å². The molecule has 1 saturated heterocycles. The van der Waals surface area contributed by atoms with Gasteiger partial charge >= 0.3 is 0 Å². The van der Waals surface area contributed by atoms with Gasteiger partial charge < -0.3 is 15.1 Å². The van der Waals surface area contributed by atoms with Gasteiger partial charge in [-0.3, -0.25) is 14.0 Å². The van der Waals surface area contributed by atoms with Crippen LogP contribution in [0, 0.1) is 5.92 Å². The molecule has 8 heteroatoms. The molecule has 0 bridgehead atoms. The van der Waals surface area contributed by atoms with Crippen LogP contribution in [0.1, 0.15) is 54.1 Å². The quantitative estimate of drug-likeness (QED) is 0.751. The second-order valence-corrected chi connectivity index (χ2v) is 7.50. The lowest BCUT2D eigenvalue weighted by Gasteiger charge is -2.28. The van der Waals surface area contributed by atoms with Crippen LogP contribution in [-0.2, 0) is 0 Å². The van der Waals surface area contributed by atoms with E-state index in [-0.39, 0.29) is 29.0 Å². The van der Waals surface area contributed by atoms with Gasteiger partial charge in [-0.2, -0.15) is 0 Å². The maximum Gasteiger partial charge on any atom is 0.272 e. The molecule has 2 amide bonds. The number of aromatic nitrogens is 3. The Balaban J connectivity index is 1.85. The molecule has 0 spiro atoms. The fourth-order valence-corrected chi connectivity index (χ4v) is 3.82. The van der Waals surface area contributed by atoms with Gasteiger partial charge in [0, 0.05) is 12.6 Å². The van der Waals surface area contributed by atoms with Crippen molar-refractivity contribution in [1.29, 1.82) is 0 Å². The number of carbonyl (C=O) groups excluding carboxylic acids is 2. The third-order valence-corrected chi connectivity index (χ3v) is 5.35. The molecule has 4 heterocycles. The Labute approximate surface area is 162 Å². The molecule has 2 unspecified atom stereocenters. The predicted molar refractivity (Wildman–Crippen MR) is 103 cm³/mol. The SMILES string of the molecule is CC1CCCC(C)N(C(=O)c2cc(-c3ccco3)n3cnc(C(N)=O)c3n2)C1. The van der Waals surface area contributed by atoms with Gasteiger partial charge in [-0.1, -0.05) is 13.3 Å². The zero-order valence-electron chi connectivity index (χ0n) is 16.0. The Kier molecular flexibility index (Phi) is 4.62. The van der Waals surface area contributed by atoms with Crippen molar-refractivity contribution in [2.24, 2.45) is 11.7 Å². The van der Waals surface area contributed by atoms with E-state index in [2.05, 4.69) is 23.8 Å². The number of nitrogens with zero attached hydrogens (tertiary/aromatic N) is 4. The number of nitrogens with two attached hydrogens (primary N) is 1. The first kappa shape index (κ1) is 18.2. The molecule has 0 aliphatic carbocycles. The highest BCUT2D eigenvalue weighted by Crippen LogP contribution is 2.26. The second-order valence-electron chi connectivity index (χ2n) is 7.50. The third kappa shape index (κ3) is 3.15. The molecule has 0 radical (unpaired) electrons. The zero-order chi connectivity index (χ0) is 19.8. The lowest BCUT2D eigenvalue weighted by Crippen LogP contribution is -2.40. The first-order chi connectivity index (χ1) is 13.5. The molecule has 3 aromatic rings.